The number of carbonyl (C=O) groups excluding carboxylic acids is 1. The molecular formula is C16H14N2O5. The fraction of sp³-hybridized carbons (Fsp3) is 0.125. The van der Waals surface area contributed by atoms with Gasteiger partial charge in [0.25, 0.3) is 5.91 Å². The first-order chi connectivity index (χ1) is 11.1. The van der Waals surface area contributed by atoms with E-state index in [4.69, 9.17) is 13.9 Å². The van der Waals surface area contributed by atoms with Crippen LogP contribution < -0.4 is 20.5 Å². The van der Waals surface area contributed by atoms with Crippen molar-refractivity contribution >= 4 is 22.7 Å². The van der Waals surface area contributed by atoms with Crippen molar-refractivity contribution in [2.75, 3.05) is 19.5 Å². The van der Waals surface area contributed by atoms with E-state index < -0.39 is 5.76 Å². The minimum Gasteiger partial charge on any atom is -0.496 e. The summed E-state index contributed by atoms with van der Waals surface area (Å²) < 4.78 is 15.4. The Hall–Kier alpha value is -3.22. The lowest BCUT2D eigenvalue weighted by Crippen LogP contribution is -2.14. The van der Waals surface area contributed by atoms with Crippen LogP contribution in [-0.4, -0.2) is 25.1 Å². The zero-order chi connectivity index (χ0) is 16.4. The summed E-state index contributed by atoms with van der Waals surface area (Å²) in [6, 6.07) is 9.93. The van der Waals surface area contributed by atoms with Gasteiger partial charge in [-0.25, -0.2) is 4.79 Å². The fourth-order valence-corrected chi connectivity index (χ4v) is 2.30. The number of nitrogens with one attached hydrogen (secondary N) is 2. The van der Waals surface area contributed by atoms with Crippen LogP contribution in [0.2, 0.25) is 0 Å². The molecule has 7 heteroatoms. The number of anilines is 1. The minimum atomic E-state index is -0.546. The Kier molecular flexibility index (Phi) is 3.76. The van der Waals surface area contributed by atoms with Crippen molar-refractivity contribution in [2.24, 2.45) is 0 Å². The zero-order valence-electron chi connectivity index (χ0n) is 12.5. The molecule has 0 radical (unpaired) electrons. The van der Waals surface area contributed by atoms with E-state index in [2.05, 4.69) is 10.3 Å². The number of rotatable bonds is 4. The van der Waals surface area contributed by atoms with Crippen molar-refractivity contribution < 1.29 is 18.7 Å². The van der Waals surface area contributed by atoms with E-state index in [1.54, 1.807) is 36.4 Å². The maximum atomic E-state index is 12.5. The summed E-state index contributed by atoms with van der Waals surface area (Å²) in [5, 5.41) is 2.75. The number of amides is 1. The van der Waals surface area contributed by atoms with E-state index in [1.165, 1.54) is 14.2 Å². The molecule has 0 fully saturated rings. The van der Waals surface area contributed by atoms with Gasteiger partial charge < -0.3 is 19.2 Å². The van der Waals surface area contributed by atoms with Gasteiger partial charge in [-0.15, -0.1) is 0 Å². The number of methoxy groups -OCH3 is 2. The van der Waals surface area contributed by atoms with Crippen molar-refractivity contribution in [3.8, 4) is 11.5 Å². The number of aromatic nitrogens is 1. The molecule has 0 aliphatic carbocycles. The van der Waals surface area contributed by atoms with Gasteiger partial charge in [-0.05, 0) is 30.3 Å². The summed E-state index contributed by atoms with van der Waals surface area (Å²) in [5.74, 6) is -0.126. The number of ether oxygens (including phenoxy) is 2. The highest BCUT2D eigenvalue weighted by molar-refractivity contribution is 6.08. The summed E-state index contributed by atoms with van der Waals surface area (Å²) in [6.45, 7) is 0. The summed E-state index contributed by atoms with van der Waals surface area (Å²) in [4.78, 5) is 26.3. The molecule has 118 valence electrons. The van der Waals surface area contributed by atoms with Gasteiger partial charge in [-0.3, -0.25) is 9.78 Å². The molecule has 1 heterocycles. The van der Waals surface area contributed by atoms with Crippen LogP contribution in [0.25, 0.3) is 11.1 Å². The molecule has 0 unspecified atom stereocenters. The average Bonchev–Trinajstić information content (AvgIpc) is 2.93. The van der Waals surface area contributed by atoms with Gasteiger partial charge in [-0.2, -0.15) is 0 Å². The molecule has 0 aliphatic heterocycles. The second-order valence-electron chi connectivity index (χ2n) is 4.72. The Morgan fingerprint density at radius 2 is 1.83 bits per heavy atom. The zero-order valence-corrected chi connectivity index (χ0v) is 12.5. The molecule has 3 aromatic rings. The SMILES string of the molecule is COc1cccc(OC)c1C(=O)Nc1ccc2oc(=O)[nH]c2c1. The van der Waals surface area contributed by atoms with E-state index in [9.17, 15) is 9.59 Å². The fourth-order valence-electron chi connectivity index (χ4n) is 2.30. The Labute approximate surface area is 130 Å². The Balaban J connectivity index is 1.95. The highest BCUT2D eigenvalue weighted by Crippen LogP contribution is 2.29. The van der Waals surface area contributed by atoms with E-state index >= 15 is 0 Å². The molecule has 0 bridgehead atoms. The summed E-state index contributed by atoms with van der Waals surface area (Å²) >= 11 is 0. The monoisotopic (exact) mass is 314 g/mol. The molecule has 0 atom stereocenters. The number of H-pyrrole nitrogens is 1. The first-order valence-corrected chi connectivity index (χ1v) is 6.77. The Morgan fingerprint density at radius 1 is 1.13 bits per heavy atom. The second-order valence-corrected chi connectivity index (χ2v) is 4.72. The van der Waals surface area contributed by atoms with Gasteiger partial charge in [0.2, 0.25) is 0 Å². The maximum Gasteiger partial charge on any atom is 0.417 e. The highest BCUT2D eigenvalue weighted by atomic mass is 16.5. The van der Waals surface area contributed by atoms with Crippen LogP contribution >= 0.6 is 0 Å². The molecule has 0 saturated carbocycles. The van der Waals surface area contributed by atoms with Crippen LogP contribution in [0.4, 0.5) is 5.69 Å². The molecule has 7 nitrogen and oxygen atoms in total. The smallest absolute Gasteiger partial charge is 0.417 e. The highest BCUT2D eigenvalue weighted by Gasteiger charge is 2.18. The lowest BCUT2D eigenvalue weighted by Gasteiger charge is -2.13. The van der Waals surface area contributed by atoms with Crippen LogP contribution in [-0.2, 0) is 0 Å². The minimum absolute atomic E-state index is 0.290. The van der Waals surface area contributed by atoms with Crippen molar-refractivity contribution in [3.63, 3.8) is 0 Å². The lowest BCUT2D eigenvalue weighted by molar-refractivity contribution is 0.102. The number of hydrogen-bond acceptors (Lipinski definition) is 5. The number of benzene rings is 2. The van der Waals surface area contributed by atoms with E-state index in [0.29, 0.717) is 33.8 Å². The largest absolute Gasteiger partial charge is 0.496 e. The lowest BCUT2D eigenvalue weighted by atomic mass is 10.1. The topological polar surface area (TPSA) is 93.6 Å². The van der Waals surface area contributed by atoms with Gasteiger partial charge in [0.1, 0.15) is 17.1 Å². The standard InChI is InChI=1S/C16H14N2O5/c1-21-12-4-3-5-13(22-2)14(12)15(19)17-9-6-7-11-10(8-9)18-16(20)23-11/h3-8H,1-2H3,(H,17,19)(H,18,20). The maximum absolute atomic E-state index is 12.5. The molecule has 1 amide bonds. The summed E-state index contributed by atoms with van der Waals surface area (Å²) in [6.07, 6.45) is 0. The van der Waals surface area contributed by atoms with E-state index in [-0.39, 0.29) is 5.91 Å². The number of carbonyl (C=O) groups is 1. The predicted molar refractivity (Wildman–Crippen MR) is 84.3 cm³/mol. The third-order valence-corrected chi connectivity index (χ3v) is 3.33. The molecule has 0 aliphatic rings. The predicted octanol–water partition coefficient (Wildman–Crippen LogP) is 2.39. The van der Waals surface area contributed by atoms with Crippen LogP contribution in [0.3, 0.4) is 0 Å². The van der Waals surface area contributed by atoms with Crippen molar-refractivity contribution in [1.82, 2.24) is 4.98 Å². The van der Waals surface area contributed by atoms with E-state index in [1.807, 2.05) is 0 Å². The first kappa shape index (κ1) is 14.7. The van der Waals surface area contributed by atoms with Gasteiger partial charge in [0.05, 0.1) is 19.7 Å². The third-order valence-electron chi connectivity index (χ3n) is 3.33. The molecule has 0 spiro atoms. The third kappa shape index (κ3) is 2.76. The van der Waals surface area contributed by atoms with Crippen molar-refractivity contribution in [3.05, 3.63) is 52.5 Å². The number of oxazole rings is 1. The van der Waals surface area contributed by atoms with Gasteiger partial charge in [-0.1, -0.05) is 6.07 Å². The van der Waals surface area contributed by atoms with Gasteiger partial charge >= 0.3 is 5.76 Å². The molecule has 2 N–H and O–H groups in total. The normalized spacial score (nSPS) is 10.5. The van der Waals surface area contributed by atoms with Crippen LogP contribution in [0.5, 0.6) is 11.5 Å². The van der Waals surface area contributed by atoms with Gasteiger partial charge in [0.15, 0.2) is 5.58 Å². The quantitative estimate of drug-likeness (QED) is 0.771. The summed E-state index contributed by atoms with van der Waals surface area (Å²) in [7, 11) is 2.96. The number of hydrogen-bond donors (Lipinski definition) is 2. The van der Waals surface area contributed by atoms with Crippen LogP contribution in [0.15, 0.2) is 45.6 Å². The Bertz CT molecular complexity index is 903. The van der Waals surface area contributed by atoms with Crippen LogP contribution in [0, 0.1) is 0 Å². The van der Waals surface area contributed by atoms with Crippen molar-refractivity contribution in [1.29, 1.82) is 0 Å². The molecular weight excluding hydrogens is 300 g/mol. The van der Waals surface area contributed by atoms with Crippen molar-refractivity contribution in [2.45, 2.75) is 0 Å². The summed E-state index contributed by atoms with van der Waals surface area (Å²) in [5.41, 5.74) is 1.72. The molecule has 2 aromatic carbocycles. The Morgan fingerprint density at radius 3 is 2.48 bits per heavy atom. The number of fused-ring (bicyclic) bond motifs is 1. The van der Waals surface area contributed by atoms with Gasteiger partial charge in [0, 0.05) is 5.69 Å². The molecule has 0 saturated heterocycles. The molecule has 3 rings (SSSR count). The first-order valence-electron chi connectivity index (χ1n) is 6.77. The van der Waals surface area contributed by atoms with E-state index in [0.717, 1.165) is 0 Å². The number of aromatic amines is 1. The second kappa shape index (κ2) is 5.88. The molecule has 1 aromatic heterocycles. The average molecular weight is 314 g/mol. The molecule has 23 heavy (non-hydrogen) atoms. The van der Waals surface area contributed by atoms with Crippen LogP contribution in [0.1, 0.15) is 10.4 Å².